The Morgan fingerprint density at radius 3 is 2.78 bits per heavy atom. The van der Waals surface area contributed by atoms with E-state index in [0.717, 1.165) is 18.2 Å². The number of rotatable bonds is 4. The van der Waals surface area contributed by atoms with Crippen molar-refractivity contribution in [2.24, 2.45) is 5.92 Å². The van der Waals surface area contributed by atoms with Crippen LogP contribution >= 0.6 is 11.6 Å². The molecule has 0 spiro atoms. The van der Waals surface area contributed by atoms with Crippen LogP contribution in [-0.4, -0.2) is 13.2 Å². The Morgan fingerprint density at radius 2 is 2.11 bits per heavy atom. The second kappa shape index (κ2) is 6.44. The van der Waals surface area contributed by atoms with Crippen molar-refractivity contribution in [3.63, 3.8) is 0 Å². The van der Waals surface area contributed by atoms with Crippen molar-refractivity contribution in [3.05, 3.63) is 28.8 Å². The molecule has 0 heterocycles. The second-order valence-electron chi connectivity index (χ2n) is 5.22. The molecule has 1 N–H and O–H groups in total. The Balaban J connectivity index is 1.91. The smallest absolute Gasteiger partial charge is 0.137 e. The molecule has 3 heteroatoms. The quantitative estimate of drug-likeness (QED) is 0.890. The van der Waals surface area contributed by atoms with Gasteiger partial charge in [-0.2, -0.15) is 0 Å². The number of nitrogens with one attached hydrogen (secondary N) is 1. The molecule has 2 atom stereocenters. The molecule has 18 heavy (non-hydrogen) atoms. The average molecular weight is 268 g/mol. The van der Waals surface area contributed by atoms with Gasteiger partial charge in [0.2, 0.25) is 0 Å². The van der Waals surface area contributed by atoms with Gasteiger partial charge < -0.3 is 10.1 Å². The van der Waals surface area contributed by atoms with Crippen LogP contribution in [0.5, 0.6) is 5.75 Å². The van der Waals surface area contributed by atoms with Crippen molar-refractivity contribution in [3.8, 4) is 5.75 Å². The van der Waals surface area contributed by atoms with E-state index < -0.39 is 0 Å². The number of benzene rings is 1. The highest BCUT2D eigenvalue weighted by atomic mass is 35.5. The summed E-state index contributed by atoms with van der Waals surface area (Å²) in [4.78, 5) is 0. The maximum atomic E-state index is 6.13. The van der Waals surface area contributed by atoms with Crippen LogP contribution in [0, 0.1) is 5.92 Å². The van der Waals surface area contributed by atoms with Crippen molar-refractivity contribution in [2.75, 3.05) is 7.11 Å². The molecule has 1 fully saturated rings. The van der Waals surface area contributed by atoms with E-state index in [1.807, 2.05) is 12.1 Å². The second-order valence-corrected chi connectivity index (χ2v) is 5.63. The summed E-state index contributed by atoms with van der Waals surface area (Å²) >= 11 is 6.13. The first-order chi connectivity index (χ1) is 8.70. The molecule has 1 aliphatic carbocycles. The summed E-state index contributed by atoms with van der Waals surface area (Å²) < 4.78 is 5.16. The summed E-state index contributed by atoms with van der Waals surface area (Å²) in [5.74, 6) is 1.53. The number of methoxy groups -OCH3 is 1. The highest BCUT2D eigenvalue weighted by Gasteiger charge is 2.20. The van der Waals surface area contributed by atoms with Crippen molar-refractivity contribution < 1.29 is 4.74 Å². The maximum Gasteiger partial charge on any atom is 0.137 e. The zero-order valence-electron chi connectivity index (χ0n) is 11.2. The normalized spacial score (nSPS) is 23.9. The first-order valence-electron chi connectivity index (χ1n) is 6.76. The molecule has 2 rings (SSSR count). The molecule has 0 bridgehead atoms. The summed E-state index contributed by atoms with van der Waals surface area (Å²) in [5, 5.41) is 4.34. The van der Waals surface area contributed by atoms with Crippen LogP contribution in [0.1, 0.15) is 38.2 Å². The zero-order chi connectivity index (χ0) is 13.0. The lowest BCUT2D eigenvalue weighted by atomic mass is 9.86. The molecule has 1 aromatic rings. The minimum absolute atomic E-state index is 0.652. The Bertz CT molecular complexity index is 394. The molecule has 100 valence electrons. The van der Waals surface area contributed by atoms with E-state index in [1.54, 1.807) is 7.11 Å². The van der Waals surface area contributed by atoms with Gasteiger partial charge in [0, 0.05) is 12.6 Å². The van der Waals surface area contributed by atoms with Gasteiger partial charge in [0.15, 0.2) is 0 Å². The van der Waals surface area contributed by atoms with Crippen LogP contribution in [0.4, 0.5) is 0 Å². The van der Waals surface area contributed by atoms with E-state index >= 15 is 0 Å². The van der Waals surface area contributed by atoms with E-state index in [9.17, 15) is 0 Å². The van der Waals surface area contributed by atoms with Crippen LogP contribution in [0.15, 0.2) is 18.2 Å². The first kappa shape index (κ1) is 13.7. The number of halogens is 1. The Hall–Kier alpha value is -0.730. The molecule has 2 nitrogen and oxygen atoms in total. The Labute approximate surface area is 115 Å². The SMILES string of the molecule is COc1ccc(CN[C@H]2CCCC[C@@H]2C)cc1Cl. The predicted octanol–water partition coefficient (Wildman–Crippen LogP) is 4.02. The lowest BCUT2D eigenvalue weighted by Gasteiger charge is -2.29. The first-order valence-corrected chi connectivity index (χ1v) is 7.14. The third-order valence-corrected chi connectivity index (χ3v) is 4.19. The molecule has 0 aliphatic heterocycles. The zero-order valence-corrected chi connectivity index (χ0v) is 12.0. The third kappa shape index (κ3) is 3.39. The van der Waals surface area contributed by atoms with Gasteiger partial charge >= 0.3 is 0 Å². The van der Waals surface area contributed by atoms with Gasteiger partial charge in [-0.05, 0) is 36.5 Å². The van der Waals surface area contributed by atoms with E-state index in [0.29, 0.717) is 11.1 Å². The van der Waals surface area contributed by atoms with Crippen molar-refractivity contribution >= 4 is 11.6 Å². The maximum absolute atomic E-state index is 6.13. The standard InChI is InChI=1S/C15H22ClNO/c1-11-5-3-4-6-14(11)17-10-12-7-8-15(18-2)13(16)9-12/h7-9,11,14,17H,3-6,10H2,1-2H3/t11-,14-/m0/s1. The minimum atomic E-state index is 0.652. The Kier molecular flexibility index (Phi) is 4.90. The monoisotopic (exact) mass is 267 g/mol. The van der Waals surface area contributed by atoms with Crippen molar-refractivity contribution in [1.29, 1.82) is 0 Å². The van der Waals surface area contributed by atoms with Gasteiger partial charge in [-0.3, -0.25) is 0 Å². The minimum Gasteiger partial charge on any atom is -0.495 e. The summed E-state index contributed by atoms with van der Waals surface area (Å²) in [6.45, 7) is 3.23. The van der Waals surface area contributed by atoms with E-state index in [1.165, 1.54) is 31.2 Å². The molecule has 1 saturated carbocycles. The molecule has 0 saturated heterocycles. The number of hydrogen-bond acceptors (Lipinski definition) is 2. The van der Waals surface area contributed by atoms with E-state index in [2.05, 4.69) is 18.3 Å². The topological polar surface area (TPSA) is 21.3 Å². The van der Waals surface area contributed by atoms with Crippen LogP contribution in [0.25, 0.3) is 0 Å². The van der Waals surface area contributed by atoms with Gasteiger partial charge in [0.25, 0.3) is 0 Å². The summed E-state index contributed by atoms with van der Waals surface area (Å²) in [5.41, 5.74) is 1.22. The Morgan fingerprint density at radius 1 is 1.33 bits per heavy atom. The van der Waals surface area contributed by atoms with Gasteiger partial charge in [-0.25, -0.2) is 0 Å². The predicted molar refractivity (Wildman–Crippen MR) is 76.3 cm³/mol. The largest absolute Gasteiger partial charge is 0.495 e. The van der Waals surface area contributed by atoms with Gasteiger partial charge in [-0.15, -0.1) is 0 Å². The molecule has 0 amide bonds. The summed E-state index contributed by atoms with van der Waals surface area (Å²) in [6, 6.07) is 6.65. The molecule has 0 unspecified atom stereocenters. The molecule has 1 aliphatic rings. The molecular formula is C15H22ClNO. The fraction of sp³-hybridized carbons (Fsp3) is 0.600. The van der Waals surface area contributed by atoms with E-state index in [-0.39, 0.29) is 0 Å². The van der Waals surface area contributed by atoms with Crippen LogP contribution in [0.2, 0.25) is 5.02 Å². The van der Waals surface area contributed by atoms with Gasteiger partial charge in [0.1, 0.15) is 5.75 Å². The molecule has 0 aromatic heterocycles. The summed E-state index contributed by atoms with van der Waals surface area (Å²) in [6.07, 6.45) is 5.38. The molecular weight excluding hydrogens is 246 g/mol. The lowest BCUT2D eigenvalue weighted by Crippen LogP contribution is -2.36. The highest BCUT2D eigenvalue weighted by molar-refractivity contribution is 6.32. The van der Waals surface area contributed by atoms with Crippen LogP contribution in [-0.2, 0) is 6.54 Å². The fourth-order valence-corrected chi connectivity index (χ4v) is 2.97. The molecule has 0 radical (unpaired) electrons. The van der Waals surface area contributed by atoms with E-state index in [4.69, 9.17) is 16.3 Å². The molecule has 1 aromatic carbocycles. The van der Waals surface area contributed by atoms with Crippen molar-refractivity contribution in [2.45, 2.75) is 45.2 Å². The number of ether oxygens (including phenoxy) is 1. The van der Waals surface area contributed by atoms with Crippen LogP contribution < -0.4 is 10.1 Å². The fourth-order valence-electron chi connectivity index (χ4n) is 2.69. The lowest BCUT2D eigenvalue weighted by molar-refractivity contribution is 0.279. The van der Waals surface area contributed by atoms with Gasteiger partial charge in [0.05, 0.1) is 12.1 Å². The van der Waals surface area contributed by atoms with Crippen LogP contribution in [0.3, 0.4) is 0 Å². The highest BCUT2D eigenvalue weighted by Crippen LogP contribution is 2.26. The van der Waals surface area contributed by atoms with Gasteiger partial charge in [-0.1, -0.05) is 37.4 Å². The average Bonchev–Trinajstić information content (AvgIpc) is 2.38. The van der Waals surface area contributed by atoms with Crippen molar-refractivity contribution in [1.82, 2.24) is 5.32 Å². The third-order valence-electron chi connectivity index (χ3n) is 3.90. The number of hydrogen-bond donors (Lipinski definition) is 1. The summed E-state index contributed by atoms with van der Waals surface area (Å²) in [7, 11) is 1.64.